The summed E-state index contributed by atoms with van der Waals surface area (Å²) in [5.41, 5.74) is 0.459. The Morgan fingerprint density at radius 1 is 1.00 bits per heavy atom. The summed E-state index contributed by atoms with van der Waals surface area (Å²) in [5.74, 6) is -0.836. The van der Waals surface area contributed by atoms with E-state index in [0.717, 1.165) is 0 Å². The Bertz CT molecular complexity index is 800. The fourth-order valence-electron chi connectivity index (χ4n) is 2.70. The summed E-state index contributed by atoms with van der Waals surface area (Å²) in [6.45, 7) is 0. The summed E-state index contributed by atoms with van der Waals surface area (Å²) in [7, 11) is 2.78. The number of carbonyl (C=O) groups is 1. The number of rotatable bonds is 3. The van der Waals surface area contributed by atoms with Crippen LogP contribution in [0.3, 0.4) is 0 Å². The standard InChI is InChI=1S/C17H16O7/c1-22-9-6-12(20)14-13(7-9)24-16(17(23-2)15(14)21)8-3-4-10(18)11(19)5-8/h3-7,16-20H,1-2H3/t16-,17+/m0/s1. The smallest absolute Gasteiger partial charge is 0.203 e. The van der Waals surface area contributed by atoms with Crippen molar-refractivity contribution in [1.82, 2.24) is 0 Å². The number of methoxy groups -OCH3 is 2. The van der Waals surface area contributed by atoms with Gasteiger partial charge in [0, 0.05) is 19.2 Å². The fraction of sp³-hybridized carbons (Fsp3) is 0.235. The minimum atomic E-state index is -1.01. The Balaban J connectivity index is 2.10. The van der Waals surface area contributed by atoms with E-state index in [1.165, 1.54) is 44.6 Å². The highest BCUT2D eigenvalue weighted by Crippen LogP contribution is 2.43. The summed E-state index contributed by atoms with van der Waals surface area (Å²) in [6, 6.07) is 6.92. The van der Waals surface area contributed by atoms with E-state index in [-0.39, 0.29) is 28.6 Å². The third-order valence-corrected chi connectivity index (χ3v) is 3.91. The molecule has 0 aromatic heterocycles. The van der Waals surface area contributed by atoms with Crippen molar-refractivity contribution in [2.45, 2.75) is 12.2 Å². The summed E-state index contributed by atoms with van der Waals surface area (Å²) < 4.78 is 16.1. The molecule has 3 N–H and O–H groups in total. The van der Waals surface area contributed by atoms with E-state index in [1.54, 1.807) is 0 Å². The molecule has 126 valence electrons. The first-order valence-corrected chi connectivity index (χ1v) is 7.12. The number of hydrogen-bond donors (Lipinski definition) is 3. The van der Waals surface area contributed by atoms with Gasteiger partial charge >= 0.3 is 0 Å². The van der Waals surface area contributed by atoms with Crippen LogP contribution in [0.1, 0.15) is 22.0 Å². The minimum Gasteiger partial charge on any atom is -0.507 e. The van der Waals surface area contributed by atoms with Gasteiger partial charge in [0.15, 0.2) is 23.7 Å². The SMILES string of the molecule is COc1cc(O)c2c(c1)O[C@@H](c1ccc(O)c(O)c1)[C@H](OC)C2=O. The van der Waals surface area contributed by atoms with Crippen LogP contribution in [0, 0.1) is 0 Å². The van der Waals surface area contributed by atoms with Gasteiger partial charge in [-0.3, -0.25) is 4.79 Å². The van der Waals surface area contributed by atoms with Gasteiger partial charge in [-0.2, -0.15) is 0 Å². The molecule has 3 rings (SSSR count). The Hall–Kier alpha value is -2.93. The zero-order valence-electron chi connectivity index (χ0n) is 13.0. The van der Waals surface area contributed by atoms with E-state index in [0.29, 0.717) is 11.3 Å². The molecule has 24 heavy (non-hydrogen) atoms. The van der Waals surface area contributed by atoms with Gasteiger partial charge in [0.2, 0.25) is 5.78 Å². The second-order valence-corrected chi connectivity index (χ2v) is 5.33. The molecule has 7 nitrogen and oxygen atoms in total. The van der Waals surface area contributed by atoms with Crippen LogP contribution in [0.4, 0.5) is 0 Å². The molecular formula is C17H16O7. The number of Topliss-reactive ketones (excluding diaryl/α,β-unsaturated/α-hetero) is 1. The van der Waals surface area contributed by atoms with Crippen molar-refractivity contribution in [3.8, 4) is 28.7 Å². The van der Waals surface area contributed by atoms with Gasteiger partial charge in [0.05, 0.1) is 7.11 Å². The topological polar surface area (TPSA) is 105 Å². The number of ether oxygens (including phenoxy) is 3. The molecule has 0 amide bonds. The molecule has 0 saturated heterocycles. The van der Waals surface area contributed by atoms with Gasteiger partial charge < -0.3 is 29.5 Å². The number of hydrogen-bond acceptors (Lipinski definition) is 7. The summed E-state index contributed by atoms with van der Waals surface area (Å²) in [5, 5.41) is 29.2. The quantitative estimate of drug-likeness (QED) is 0.740. The minimum absolute atomic E-state index is 0.0156. The van der Waals surface area contributed by atoms with Gasteiger partial charge in [-0.1, -0.05) is 6.07 Å². The predicted molar refractivity (Wildman–Crippen MR) is 82.9 cm³/mol. The number of fused-ring (bicyclic) bond motifs is 1. The van der Waals surface area contributed by atoms with E-state index < -0.39 is 18.0 Å². The molecule has 2 aromatic carbocycles. The van der Waals surface area contributed by atoms with Gasteiger partial charge in [-0.25, -0.2) is 0 Å². The first-order chi connectivity index (χ1) is 11.5. The van der Waals surface area contributed by atoms with E-state index in [4.69, 9.17) is 14.2 Å². The Labute approximate surface area is 137 Å². The molecule has 2 aromatic rings. The summed E-state index contributed by atoms with van der Waals surface area (Å²) >= 11 is 0. The first-order valence-electron chi connectivity index (χ1n) is 7.12. The van der Waals surface area contributed by atoms with Crippen LogP contribution >= 0.6 is 0 Å². The van der Waals surface area contributed by atoms with Crippen molar-refractivity contribution in [3.05, 3.63) is 41.5 Å². The van der Waals surface area contributed by atoms with Crippen molar-refractivity contribution in [3.63, 3.8) is 0 Å². The Morgan fingerprint density at radius 3 is 2.38 bits per heavy atom. The van der Waals surface area contributed by atoms with Gasteiger partial charge in [-0.05, 0) is 17.7 Å². The zero-order valence-corrected chi connectivity index (χ0v) is 13.0. The molecule has 0 bridgehead atoms. The molecule has 0 fully saturated rings. The van der Waals surface area contributed by atoms with Crippen LogP contribution in [-0.2, 0) is 4.74 Å². The molecule has 0 saturated carbocycles. The molecule has 7 heteroatoms. The zero-order chi connectivity index (χ0) is 17.4. The maximum Gasteiger partial charge on any atom is 0.203 e. The molecule has 1 aliphatic heterocycles. The summed E-state index contributed by atoms with van der Waals surface area (Å²) in [4.78, 5) is 12.7. The Kier molecular flexibility index (Phi) is 3.94. The van der Waals surface area contributed by atoms with Crippen molar-refractivity contribution in [1.29, 1.82) is 0 Å². The van der Waals surface area contributed by atoms with Crippen molar-refractivity contribution in [2.24, 2.45) is 0 Å². The highest BCUT2D eigenvalue weighted by atomic mass is 16.5. The van der Waals surface area contributed by atoms with Crippen molar-refractivity contribution < 1.29 is 34.3 Å². The highest BCUT2D eigenvalue weighted by Gasteiger charge is 2.40. The Morgan fingerprint density at radius 2 is 1.75 bits per heavy atom. The molecule has 2 atom stereocenters. The van der Waals surface area contributed by atoms with E-state index in [1.807, 2.05) is 0 Å². The normalized spacial score (nSPS) is 19.5. The molecular weight excluding hydrogens is 316 g/mol. The van der Waals surface area contributed by atoms with Crippen LogP contribution < -0.4 is 9.47 Å². The third-order valence-electron chi connectivity index (χ3n) is 3.91. The molecule has 0 spiro atoms. The van der Waals surface area contributed by atoms with Crippen molar-refractivity contribution >= 4 is 5.78 Å². The average Bonchev–Trinajstić information content (AvgIpc) is 2.56. The van der Waals surface area contributed by atoms with Crippen LogP contribution in [-0.4, -0.2) is 41.4 Å². The number of phenols is 3. The van der Waals surface area contributed by atoms with Crippen LogP contribution in [0.5, 0.6) is 28.7 Å². The van der Waals surface area contributed by atoms with Crippen molar-refractivity contribution in [2.75, 3.05) is 14.2 Å². The summed E-state index contributed by atoms with van der Waals surface area (Å²) in [6.07, 6.45) is -1.87. The number of carbonyl (C=O) groups excluding carboxylic acids is 1. The van der Waals surface area contributed by atoms with E-state index in [9.17, 15) is 20.1 Å². The molecule has 0 unspecified atom stereocenters. The largest absolute Gasteiger partial charge is 0.507 e. The molecule has 0 radical (unpaired) electrons. The van der Waals surface area contributed by atoms with E-state index >= 15 is 0 Å². The first kappa shape index (κ1) is 15.9. The van der Waals surface area contributed by atoms with Gasteiger partial charge in [-0.15, -0.1) is 0 Å². The molecule has 0 aliphatic carbocycles. The lowest BCUT2D eigenvalue weighted by Crippen LogP contribution is -2.37. The monoisotopic (exact) mass is 332 g/mol. The second kappa shape index (κ2) is 5.93. The highest BCUT2D eigenvalue weighted by molar-refractivity contribution is 6.05. The third kappa shape index (κ3) is 2.48. The van der Waals surface area contributed by atoms with Gasteiger partial charge in [0.25, 0.3) is 0 Å². The molecule has 1 aliphatic rings. The van der Waals surface area contributed by atoms with Gasteiger partial charge in [0.1, 0.15) is 22.8 Å². The second-order valence-electron chi connectivity index (χ2n) is 5.33. The maximum atomic E-state index is 12.7. The number of aromatic hydroxyl groups is 3. The lowest BCUT2D eigenvalue weighted by molar-refractivity contribution is -0.00116. The maximum absolute atomic E-state index is 12.7. The fourth-order valence-corrected chi connectivity index (χ4v) is 2.70. The number of benzene rings is 2. The number of phenolic OH excluding ortho intramolecular Hbond substituents is 3. The van der Waals surface area contributed by atoms with Crippen LogP contribution in [0.25, 0.3) is 0 Å². The van der Waals surface area contributed by atoms with E-state index in [2.05, 4.69) is 0 Å². The predicted octanol–water partition coefficient (Wildman–Crippen LogP) is 2.14. The van der Waals surface area contributed by atoms with Crippen LogP contribution in [0.15, 0.2) is 30.3 Å². The molecule has 1 heterocycles. The lowest BCUT2D eigenvalue weighted by atomic mass is 9.92. The average molecular weight is 332 g/mol. The number of ketones is 1. The van der Waals surface area contributed by atoms with Crippen LogP contribution in [0.2, 0.25) is 0 Å². The lowest BCUT2D eigenvalue weighted by Gasteiger charge is -2.32.